The third kappa shape index (κ3) is 5.22. The van der Waals surface area contributed by atoms with Crippen LogP contribution in [-0.2, 0) is 6.61 Å². The number of rotatable bonds is 7. The average Bonchev–Trinajstić information content (AvgIpc) is 2.69. The number of hydrogen-bond acceptors (Lipinski definition) is 4. The molecule has 2 aromatic rings. The zero-order chi connectivity index (χ0) is 19.1. The lowest BCUT2D eigenvalue weighted by Crippen LogP contribution is -2.41. The molecule has 1 aliphatic rings. The van der Waals surface area contributed by atoms with E-state index in [2.05, 4.69) is 17.2 Å². The van der Waals surface area contributed by atoms with Crippen LogP contribution in [0.2, 0.25) is 0 Å². The van der Waals surface area contributed by atoms with Crippen LogP contribution in [0, 0.1) is 5.92 Å². The van der Waals surface area contributed by atoms with Crippen molar-refractivity contribution in [1.29, 1.82) is 0 Å². The highest BCUT2D eigenvalue weighted by Crippen LogP contribution is 2.30. The maximum absolute atomic E-state index is 12.7. The standard InChI is InChI=1S/C22H28N2O3/c1-3-26-21-13-18(22(25)24-19-9-5-4-7-16(19)2)10-11-20(21)27-15-17-8-6-12-23-14-17/h6,8,10-14,16,19H,3-5,7,9,15H2,1-2H3,(H,24,25)/t16-,19+/m0/s1. The van der Waals surface area contributed by atoms with Crippen LogP contribution in [0.15, 0.2) is 42.7 Å². The lowest BCUT2D eigenvalue weighted by atomic mass is 9.86. The Labute approximate surface area is 161 Å². The number of aromatic nitrogens is 1. The number of nitrogens with one attached hydrogen (secondary N) is 1. The van der Waals surface area contributed by atoms with E-state index in [0.29, 0.717) is 36.2 Å². The number of hydrogen-bond donors (Lipinski definition) is 1. The topological polar surface area (TPSA) is 60.5 Å². The zero-order valence-electron chi connectivity index (χ0n) is 16.1. The van der Waals surface area contributed by atoms with Crippen LogP contribution in [-0.4, -0.2) is 23.5 Å². The number of ether oxygens (including phenoxy) is 2. The predicted octanol–water partition coefficient (Wildman–Crippen LogP) is 4.37. The Morgan fingerprint density at radius 2 is 2.04 bits per heavy atom. The fourth-order valence-electron chi connectivity index (χ4n) is 3.46. The summed E-state index contributed by atoms with van der Waals surface area (Å²) >= 11 is 0. The molecule has 27 heavy (non-hydrogen) atoms. The minimum Gasteiger partial charge on any atom is -0.490 e. The van der Waals surface area contributed by atoms with E-state index >= 15 is 0 Å². The van der Waals surface area contributed by atoms with Crippen LogP contribution in [0.25, 0.3) is 0 Å². The van der Waals surface area contributed by atoms with Crippen LogP contribution in [0.4, 0.5) is 0 Å². The second-order valence-electron chi connectivity index (χ2n) is 7.09. The number of benzene rings is 1. The quantitative estimate of drug-likeness (QED) is 0.788. The molecule has 0 saturated heterocycles. The molecule has 2 atom stereocenters. The van der Waals surface area contributed by atoms with E-state index in [4.69, 9.17) is 9.47 Å². The molecular weight excluding hydrogens is 340 g/mol. The smallest absolute Gasteiger partial charge is 0.251 e. The van der Waals surface area contributed by atoms with Gasteiger partial charge in [-0.1, -0.05) is 25.8 Å². The minimum atomic E-state index is -0.0477. The van der Waals surface area contributed by atoms with Crippen molar-refractivity contribution in [3.05, 3.63) is 53.9 Å². The van der Waals surface area contributed by atoms with E-state index < -0.39 is 0 Å². The van der Waals surface area contributed by atoms with Crippen molar-refractivity contribution in [2.24, 2.45) is 5.92 Å². The molecule has 1 aliphatic carbocycles. The summed E-state index contributed by atoms with van der Waals surface area (Å²) < 4.78 is 11.6. The number of pyridine rings is 1. The molecule has 1 saturated carbocycles. The SMILES string of the molecule is CCOc1cc(C(=O)N[C@@H]2CCCC[C@@H]2C)ccc1OCc1cccnc1. The van der Waals surface area contributed by atoms with Crippen LogP contribution >= 0.6 is 0 Å². The van der Waals surface area contributed by atoms with Gasteiger partial charge in [-0.15, -0.1) is 0 Å². The van der Waals surface area contributed by atoms with E-state index in [1.54, 1.807) is 30.6 Å². The summed E-state index contributed by atoms with van der Waals surface area (Å²) in [4.78, 5) is 16.8. The van der Waals surface area contributed by atoms with Gasteiger partial charge in [0.2, 0.25) is 0 Å². The first-order valence-electron chi connectivity index (χ1n) is 9.76. The van der Waals surface area contributed by atoms with Crippen molar-refractivity contribution in [3.63, 3.8) is 0 Å². The van der Waals surface area contributed by atoms with Gasteiger partial charge < -0.3 is 14.8 Å². The fraction of sp³-hybridized carbons (Fsp3) is 0.455. The van der Waals surface area contributed by atoms with Gasteiger partial charge in [0.1, 0.15) is 6.61 Å². The monoisotopic (exact) mass is 368 g/mol. The molecule has 3 rings (SSSR count). The van der Waals surface area contributed by atoms with Crippen molar-refractivity contribution in [1.82, 2.24) is 10.3 Å². The zero-order valence-corrected chi connectivity index (χ0v) is 16.1. The summed E-state index contributed by atoms with van der Waals surface area (Å²) in [7, 11) is 0. The molecule has 1 heterocycles. The molecule has 1 N–H and O–H groups in total. The second-order valence-corrected chi connectivity index (χ2v) is 7.09. The molecule has 1 fully saturated rings. The summed E-state index contributed by atoms with van der Waals surface area (Å²) in [5, 5.41) is 3.19. The van der Waals surface area contributed by atoms with E-state index in [-0.39, 0.29) is 11.9 Å². The Morgan fingerprint density at radius 3 is 2.78 bits per heavy atom. The molecule has 1 amide bonds. The molecule has 1 aromatic carbocycles. The van der Waals surface area contributed by atoms with Crippen LogP contribution in [0.1, 0.15) is 55.5 Å². The highest BCUT2D eigenvalue weighted by atomic mass is 16.5. The Bertz CT molecular complexity index is 748. The van der Waals surface area contributed by atoms with Gasteiger partial charge in [0.15, 0.2) is 11.5 Å². The second kappa shape index (κ2) is 9.40. The van der Waals surface area contributed by atoms with Gasteiger partial charge in [0.05, 0.1) is 6.61 Å². The van der Waals surface area contributed by atoms with Crippen molar-refractivity contribution in [3.8, 4) is 11.5 Å². The summed E-state index contributed by atoms with van der Waals surface area (Å²) in [6, 6.07) is 9.46. The molecule has 0 spiro atoms. The molecule has 0 bridgehead atoms. The number of carbonyl (C=O) groups excluding carboxylic acids is 1. The highest BCUT2D eigenvalue weighted by Gasteiger charge is 2.23. The van der Waals surface area contributed by atoms with Crippen molar-refractivity contribution in [2.45, 2.75) is 52.2 Å². The summed E-state index contributed by atoms with van der Waals surface area (Å²) in [5.41, 5.74) is 1.58. The van der Waals surface area contributed by atoms with Gasteiger partial charge in [-0.05, 0) is 49.9 Å². The Kier molecular flexibility index (Phi) is 6.69. The van der Waals surface area contributed by atoms with Crippen molar-refractivity contribution >= 4 is 5.91 Å². The van der Waals surface area contributed by atoms with Crippen LogP contribution in [0.3, 0.4) is 0 Å². The summed E-state index contributed by atoms with van der Waals surface area (Å²) in [6.07, 6.45) is 8.17. The van der Waals surface area contributed by atoms with Crippen molar-refractivity contribution < 1.29 is 14.3 Å². The van der Waals surface area contributed by atoms with Gasteiger partial charge in [0, 0.05) is 29.6 Å². The normalized spacial score (nSPS) is 19.3. The largest absolute Gasteiger partial charge is 0.490 e. The maximum atomic E-state index is 12.7. The van der Waals surface area contributed by atoms with Crippen LogP contribution in [0.5, 0.6) is 11.5 Å². The van der Waals surface area contributed by atoms with E-state index in [1.807, 2.05) is 19.1 Å². The lowest BCUT2D eigenvalue weighted by Gasteiger charge is -2.29. The first kappa shape index (κ1) is 19.2. The van der Waals surface area contributed by atoms with E-state index in [0.717, 1.165) is 12.0 Å². The van der Waals surface area contributed by atoms with Crippen LogP contribution < -0.4 is 14.8 Å². The predicted molar refractivity (Wildman–Crippen MR) is 105 cm³/mol. The third-order valence-corrected chi connectivity index (χ3v) is 5.05. The van der Waals surface area contributed by atoms with Crippen molar-refractivity contribution in [2.75, 3.05) is 6.61 Å². The lowest BCUT2D eigenvalue weighted by molar-refractivity contribution is 0.0909. The number of carbonyl (C=O) groups is 1. The first-order valence-corrected chi connectivity index (χ1v) is 9.76. The van der Waals surface area contributed by atoms with Gasteiger partial charge in [-0.2, -0.15) is 0 Å². The molecule has 0 unspecified atom stereocenters. The first-order chi connectivity index (χ1) is 13.2. The molecular formula is C22H28N2O3. The average molecular weight is 368 g/mol. The van der Waals surface area contributed by atoms with Gasteiger partial charge in [0.25, 0.3) is 5.91 Å². The molecule has 0 radical (unpaired) electrons. The maximum Gasteiger partial charge on any atom is 0.251 e. The highest BCUT2D eigenvalue weighted by molar-refractivity contribution is 5.95. The fourth-order valence-corrected chi connectivity index (χ4v) is 3.46. The summed E-state index contributed by atoms with van der Waals surface area (Å²) in [6.45, 7) is 5.04. The Morgan fingerprint density at radius 1 is 1.19 bits per heavy atom. The molecule has 0 aliphatic heterocycles. The van der Waals surface area contributed by atoms with Gasteiger partial charge in [-0.3, -0.25) is 9.78 Å². The third-order valence-electron chi connectivity index (χ3n) is 5.05. The molecule has 5 nitrogen and oxygen atoms in total. The Balaban J connectivity index is 1.69. The van der Waals surface area contributed by atoms with E-state index in [1.165, 1.54) is 19.3 Å². The van der Waals surface area contributed by atoms with Gasteiger partial charge >= 0.3 is 0 Å². The van der Waals surface area contributed by atoms with E-state index in [9.17, 15) is 4.79 Å². The summed E-state index contributed by atoms with van der Waals surface area (Å²) in [5.74, 6) is 1.69. The molecule has 5 heteroatoms. The number of nitrogens with zero attached hydrogens (tertiary/aromatic N) is 1. The molecule has 144 valence electrons. The Hall–Kier alpha value is -2.56. The molecule has 1 aromatic heterocycles. The number of amides is 1. The van der Waals surface area contributed by atoms with Gasteiger partial charge in [-0.25, -0.2) is 0 Å². The minimum absolute atomic E-state index is 0.0477.